The first-order valence-electron chi connectivity index (χ1n) is 8.43. The Balaban J connectivity index is 0.000000324. The van der Waals surface area contributed by atoms with Gasteiger partial charge in [-0.15, -0.1) is 0 Å². The van der Waals surface area contributed by atoms with Gasteiger partial charge >= 0.3 is 0 Å². The molecule has 0 fully saturated rings. The van der Waals surface area contributed by atoms with Gasteiger partial charge in [0.25, 0.3) is 0 Å². The average Bonchev–Trinajstić information content (AvgIpc) is 2.66. The maximum absolute atomic E-state index is 8.90. The van der Waals surface area contributed by atoms with Crippen LogP contribution in [0.4, 0.5) is 0 Å². The van der Waals surface area contributed by atoms with Crippen molar-refractivity contribution in [1.29, 1.82) is 5.26 Å². The van der Waals surface area contributed by atoms with E-state index in [2.05, 4.69) is 36.5 Å². The summed E-state index contributed by atoms with van der Waals surface area (Å²) in [6.45, 7) is 6.16. The highest BCUT2D eigenvalue weighted by Crippen LogP contribution is 2.23. The molecule has 0 radical (unpaired) electrons. The molecule has 3 heteroatoms. The normalized spacial score (nSPS) is 11.2. The van der Waals surface area contributed by atoms with Gasteiger partial charge in [0.2, 0.25) is 0 Å². The molecule has 0 amide bonds. The molecule has 3 N–H and O–H groups in total. The fourth-order valence-electron chi connectivity index (χ4n) is 2.47. The molecule has 0 unspecified atom stereocenters. The molecular formula is C22H27N3. The van der Waals surface area contributed by atoms with Gasteiger partial charge in [-0.3, -0.25) is 0 Å². The van der Waals surface area contributed by atoms with Crippen molar-refractivity contribution in [2.24, 2.45) is 5.73 Å². The zero-order chi connectivity index (χ0) is 18.7. The van der Waals surface area contributed by atoms with E-state index in [1.807, 2.05) is 56.3 Å². The van der Waals surface area contributed by atoms with Crippen LogP contribution in [-0.4, -0.2) is 7.05 Å². The van der Waals surface area contributed by atoms with Crippen molar-refractivity contribution in [2.75, 3.05) is 7.05 Å². The Labute approximate surface area is 151 Å². The molecule has 0 bridgehead atoms. The van der Waals surface area contributed by atoms with Gasteiger partial charge < -0.3 is 11.1 Å². The third kappa shape index (κ3) is 5.86. The minimum atomic E-state index is 0.198. The minimum absolute atomic E-state index is 0.198. The monoisotopic (exact) mass is 333 g/mol. The third-order valence-corrected chi connectivity index (χ3v) is 3.82. The lowest BCUT2D eigenvalue weighted by molar-refractivity contribution is 1.10. The highest BCUT2D eigenvalue weighted by molar-refractivity contribution is 5.77. The summed E-state index contributed by atoms with van der Waals surface area (Å²) in [6.07, 6.45) is 5.13. The highest BCUT2D eigenvalue weighted by Gasteiger charge is 2.10. The maximum atomic E-state index is 8.90. The molecule has 2 aromatic carbocycles. The molecule has 0 saturated heterocycles. The lowest BCUT2D eigenvalue weighted by atomic mass is 9.98. The summed E-state index contributed by atoms with van der Waals surface area (Å²) in [4.78, 5) is 0. The molecule has 0 spiro atoms. The van der Waals surface area contributed by atoms with Crippen LogP contribution in [0.15, 0.2) is 60.3 Å². The van der Waals surface area contributed by atoms with E-state index in [-0.39, 0.29) is 5.70 Å². The van der Waals surface area contributed by atoms with Gasteiger partial charge in [0.05, 0.1) is 5.70 Å². The van der Waals surface area contributed by atoms with Crippen molar-refractivity contribution >= 4 is 11.8 Å². The second-order valence-corrected chi connectivity index (χ2v) is 5.53. The van der Waals surface area contributed by atoms with Gasteiger partial charge in [-0.25, -0.2) is 0 Å². The molecule has 25 heavy (non-hydrogen) atoms. The van der Waals surface area contributed by atoms with Gasteiger partial charge in [-0.1, -0.05) is 67.6 Å². The molecule has 0 atom stereocenters. The molecule has 0 aliphatic heterocycles. The molecule has 0 heterocycles. The van der Waals surface area contributed by atoms with Gasteiger partial charge in [0.1, 0.15) is 11.8 Å². The quantitative estimate of drug-likeness (QED) is 0.801. The van der Waals surface area contributed by atoms with Crippen LogP contribution in [0.2, 0.25) is 0 Å². The topological polar surface area (TPSA) is 61.8 Å². The summed E-state index contributed by atoms with van der Waals surface area (Å²) in [6, 6.07) is 18.4. The number of benzene rings is 2. The summed E-state index contributed by atoms with van der Waals surface area (Å²) >= 11 is 0. The van der Waals surface area contributed by atoms with Crippen LogP contribution in [0.25, 0.3) is 11.8 Å². The van der Waals surface area contributed by atoms with Crippen LogP contribution >= 0.6 is 0 Å². The van der Waals surface area contributed by atoms with E-state index in [1.165, 1.54) is 5.56 Å². The molecular weight excluding hydrogens is 306 g/mol. The fourth-order valence-corrected chi connectivity index (χ4v) is 2.47. The second-order valence-electron chi connectivity index (χ2n) is 5.53. The van der Waals surface area contributed by atoms with Crippen molar-refractivity contribution in [2.45, 2.75) is 27.2 Å². The van der Waals surface area contributed by atoms with Crippen LogP contribution < -0.4 is 11.1 Å². The Kier molecular flexibility index (Phi) is 8.60. The summed E-state index contributed by atoms with van der Waals surface area (Å²) < 4.78 is 0. The lowest BCUT2D eigenvalue weighted by Crippen LogP contribution is -2.13. The van der Waals surface area contributed by atoms with Gasteiger partial charge in [-0.2, -0.15) is 5.26 Å². The van der Waals surface area contributed by atoms with Gasteiger partial charge in [-0.05, 0) is 37.0 Å². The van der Waals surface area contributed by atoms with Crippen molar-refractivity contribution < 1.29 is 0 Å². The number of nitrogens with one attached hydrogen (secondary N) is 1. The first kappa shape index (κ1) is 20.1. The second kappa shape index (κ2) is 10.7. The van der Waals surface area contributed by atoms with Gasteiger partial charge in [0.15, 0.2) is 0 Å². The number of rotatable bonds is 4. The molecule has 0 aliphatic carbocycles. The predicted molar refractivity (Wildman–Crippen MR) is 107 cm³/mol. The number of aryl methyl sites for hydroxylation is 2. The van der Waals surface area contributed by atoms with Crippen LogP contribution in [0.1, 0.15) is 36.1 Å². The Morgan fingerprint density at radius 3 is 2.32 bits per heavy atom. The molecule has 130 valence electrons. The number of nitriles is 1. The van der Waals surface area contributed by atoms with Crippen LogP contribution in [0.3, 0.4) is 0 Å². The molecule has 0 aromatic heterocycles. The lowest BCUT2D eigenvalue weighted by Gasteiger charge is -2.13. The van der Waals surface area contributed by atoms with Crippen molar-refractivity contribution in [3.8, 4) is 6.07 Å². The first-order valence-corrected chi connectivity index (χ1v) is 8.43. The number of allylic oxidation sites excluding steroid dienone is 2. The first-order chi connectivity index (χ1) is 12.1. The Morgan fingerprint density at radius 1 is 1.16 bits per heavy atom. The summed E-state index contributed by atoms with van der Waals surface area (Å²) in [7, 11) is 1.77. The van der Waals surface area contributed by atoms with E-state index in [4.69, 9.17) is 11.0 Å². The number of hydrogen-bond acceptors (Lipinski definition) is 3. The van der Waals surface area contributed by atoms with E-state index < -0.39 is 0 Å². The van der Waals surface area contributed by atoms with E-state index >= 15 is 0 Å². The Morgan fingerprint density at radius 2 is 1.84 bits per heavy atom. The van der Waals surface area contributed by atoms with Crippen molar-refractivity contribution in [3.05, 3.63) is 82.6 Å². The van der Waals surface area contributed by atoms with E-state index in [0.717, 1.165) is 23.1 Å². The molecule has 2 aromatic rings. The van der Waals surface area contributed by atoms with Gasteiger partial charge in [0, 0.05) is 12.6 Å². The summed E-state index contributed by atoms with van der Waals surface area (Å²) in [5.41, 5.74) is 11.2. The summed E-state index contributed by atoms with van der Waals surface area (Å²) in [5, 5.41) is 11.9. The van der Waals surface area contributed by atoms with Crippen molar-refractivity contribution in [3.63, 3.8) is 0 Å². The number of hydrogen-bond donors (Lipinski definition) is 2. The van der Waals surface area contributed by atoms with E-state index in [0.29, 0.717) is 5.70 Å². The summed E-state index contributed by atoms with van der Waals surface area (Å²) in [5.74, 6) is 0. The van der Waals surface area contributed by atoms with Crippen LogP contribution in [0, 0.1) is 18.3 Å². The predicted octanol–water partition coefficient (Wildman–Crippen LogP) is 4.65. The number of nitrogens with two attached hydrogens (primary N) is 1. The average molecular weight is 333 g/mol. The molecule has 0 saturated carbocycles. The number of nitrogens with zero attached hydrogens (tertiary/aromatic N) is 1. The Bertz CT molecular complexity index is 766. The zero-order valence-electron chi connectivity index (χ0n) is 15.5. The van der Waals surface area contributed by atoms with Crippen molar-refractivity contribution in [1.82, 2.24) is 5.32 Å². The largest absolute Gasteiger partial charge is 0.388 e. The minimum Gasteiger partial charge on any atom is -0.388 e. The molecule has 2 rings (SSSR count). The third-order valence-electron chi connectivity index (χ3n) is 3.82. The van der Waals surface area contributed by atoms with E-state index in [9.17, 15) is 0 Å². The maximum Gasteiger partial charge on any atom is 0.135 e. The highest BCUT2D eigenvalue weighted by atomic mass is 14.9. The van der Waals surface area contributed by atoms with Crippen LogP contribution in [-0.2, 0) is 6.42 Å². The fraction of sp³-hybridized carbons (Fsp3) is 0.227. The van der Waals surface area contributed by atoms with E-state index in [1.54, 1.807) is 7.05 Å². The van der Waals surface area contributed by atoms with Crippen LogP contribution in [0.5, 0.6) is 0 Å². The zero-order valence-corrected chi connectivity index (χ0v) is 15.5. The Hall–Kier alpha value is -2.99. The molecule has 3 nitrogen and oxygen atoms in total. The standard InChI is InChI=1S/C14H17N3.C8H10/c1-4-6-11-10(2)7-5-8-12(11)14(17-3)13(16)9-15;1-2-8-6-4-3-5-7-8/h4-8,17H,16H2,1-3H3;3-7H,2H2,1H3/b6-4-,14-13-;. The smallest absolute Gasteiger partial charge is 0.135 e. The molecule has 0 aliphatic rings. The SMILES string of the molecule is C/C=C\c1c(C)cccc1/C(NC)=C(/N)C#N.CCc1ccccc1.